The lowest BCUT2D eigenvalue weighted by atomic mass is 10.2. The molecule has 4 heterocycles. The second-order valence-electron chi connectivity index (χ2n) is 8.80. The summed E-state index contributed by atoms with van der Waals surface area (Å²) in [7, 11) is 3.18. The van der Waals surface area contributed by atoms with Crippen molar-refractivity contribution in [1.29, 1.82) is 0 Å². The molecule has 37 heavy (non-hydrogen) atoms. The molecule has 2 aromatic heterocycles. The average molecular weight is 537 g/mol. The maximum absolute atomic E-state index is 14.2. The van der Waals surface area contributed by atoms with Gasteiger partial charge in [0.1, 0.15) is 17.1 Å². The highest BCUT2D eigenvalue weighted by atomic mass is 35.5. The van der Waals surface area contributed by atoms with Crippen molar-refractivity contribution in [3.8, 4) is 11.7 Å². The van der Waals surface area contributed by atoms with Crippen LogP contribution in [-0.4, -0.2) is 101 Å². The fourth-order valence-corrected chi connectivity index (χ4v) is 4.83. The molecule has 2 aliphatic rings. The number of methoxy groups -OCH3 is 1. The number of morpholine rings is 1. The molecule has 1 amide bonds. The zero-order valence-corrected chi connectivity index (χ0v) is 21.2. The first-order valence-electron chi connectivity index (χ1n) is 11.9. The zero-order chi connectivity index (χ0) is 26.1. The van der Waals surface area contributed by atoms with Crippen molar-refractivity contribution in [3.63, 3.8) is 0 Å². The molecule has 0 N–H and O–H groups in total. The van der Waals surface area contributed by atoms with E-state index in [2.05, 4.69) is 15.0 Å². The van der Waals surface area contributed by atoms with E-state index in [1.165, 1.54) is 11.7 Å². The number of halogens is 3. The van der Waals surface area contributed by atoms with Gasteiger partial charge in [-0.15, -0.1) is 11.6 Å². The van der Waals surface area contributed by atoms with Crippen LogP contribution < -0.4 is 14.5 Å². The number of rotatable bonds is 7. The first-order valence-corrected chi connectivity index (χ1v) is 12.4. The third-order valence-electron chi connectivity index (χ3n) is 6.68. The summed E-state index contributed by atoms with van der Waals surface area (Å²) in [6.45, 7) is 3.17. The maximum Gasteiger partial charge on any atom is 0.296 e. The number of carbonyl (C=O) groups excluding carboxylic acids is 1. The summed E-state index contributed by atoms with van der Waals surface area (Å²) >= 11 is 5.74. The number of likely N-dealkylation sites (N-methyl/N-ethyl adjacent to an activating group) is 1. The zero-order valence-electron chi connectivity index (χ0n) is 20.5. The fourth-order valence-electron chi connectivity index (χ4n) is 4.64. The first-order chi connectivity index (χ1) is 17.9. The lowest BCUT2D eigenvalue weighted by Gasteiger charge is -2.28. The van der Waals surface area contributed by atoms with Gasteiger partial charge in [0.05, 0.1) is 31.9 Å². The molecular formula is C23H27ClF2N8O3. The molecule has 2 saturated heterocycles. The standard InChI is InChI=1S/C23H27ClF2N8O3/c1-31(17(35)12-24)14-6-7-33(13-14)22-28-21(32-8-10-37-11-9-32)29-23(30-22)34-15-4-3-5-16(36-2)18(15)27-20(34)19(25)26/h3-5,14,19H,6-13H2,1-2H3/t14-/m0/s1. The first kappa shape index (κ1) is 25.3. The van der Waals surface area contributed by atoms with Crippen molar-refractivity contribution in [2.24, 2.45) is 0 Å². The van der Waals surface area contributed by atoms with Gasteiger partial charge in [-0.1, -0.05) is 6.07 Å². The van der Waals surface area contributed by atoms with Crippen LogP contribution in [0.4, 0.5) is 20.7 Å². The van der Waals surface area contributed by atoms with Crippen LogP contribution in [0.5, 0.6) is 5.75 Å². The normalized spacial score (nSPS) is 18.2. The number of aromatic nitrogens is 5. The number of alkyl halides is 3. The molecule has 0 radical (unpaired) electrons. The van der Waals surface area contributed by atoms with Gasteiger partial charge in [-0.25, -0.2) is 13.8 Å². The summed E-state index contributed by atoms with van der Waals surface area (Å²) in [5, 5.41) is 0. The Labute approximate surface area is 217 Å². The number of para-hydroxylation sites is 1. The van der Waals surface area contributed by atoms with Gasteiger partial charge in [0.25, 0.3) is 6.43 Å². The molecule has 2 fully saturated rings. The van der Waals surface area contributed by atoms with Crippen LogP contribution in [0.25, 0.3) is 17.0 Å². The molecule has 11 nitrogen and oxygen atoms in total. The molecular weight excluding hydrogens is 510 g/mol. The van der Waals surface area contributed by atoms with Crippen molar-refractivity contribution < 1.29 is 23.0 Å². The van der Waals surface area contributed by atoms with E-state index < -0.39 is 12.2 Å². The number of benzene rings is 1. The maximum atomic E-state index is 14.2. The summed E-state index contributed by atoms with van der Waals surface area (Å²) in [5.74, 6) is 0.349. The van der Waals surface area contributed by atoms with E-state index in [1.54, 1.807) is 30.1 Å². The molecule has 5 rings (SSSR count). The minimum atomic E-state index is -2.88. The molecule has 1 atom stereocenters. The van der Waals surface area contributed by atoms with Gasteiger partial charge in [0.15, 0.2) is 5.82 Å². The Morgan fingerprint density at radius 3 is 2.51 bits per heavy atom. The largest absolute Gasteiger partial charge is 0.494 e. The number of anilines is 2. The second kappa shape index (κ2) is 10.6. The molecule has 1 aromatic carbocycles. The highest BCUT2D eigenvalue weighted by molar-refractivity contribution is 6.27. The van der Waals surface area contributed by atoms with Gasteiger partial charge in [0, 0.05) is 33.2 Å². The summed E-state index contributed by atoms with van der Waals surface area (Å²) in [6.07, 6.45) is -2.18. The van der Waals surface area contributed by atoms with Crippen molar-refractivity contribution >= 4 is 40.4 Å². The number of imidazole rings is 1. The molecule has 0 aliphatic carbocycles. The lowest BCUT2D eigenvalue weighted by molar-refractivity contribution is -0.128. The second-order valence-corrected chi connectivity index (χ2v) is 9.06. The number of hydrogen-bond acceptors (Lipinski definition) is 9. The Morgan fingerprint density at radius 1 is 1.14 bits per heavy atom. The topological polar surface area (TPSA) is 102 Å². The van der Waals surface area contributed by atoms with Gasteiger partial charge in [-0.2, -0.15) is 15.0 Å². The van der Waals surface area contributed by atoms with Crippen molar-refractivity contribution in [3.05, 3.63) is 24.0 Å². The molecule has 2 aliphatic heterocycles. The fraction of sp³-hybridized carbons (Fsp3) is 0.522. The third-order valence-corrected chi connectivity index (χ3v) is 6.91. The lowest BCUT2D eigenvalue weighted by Crippen LogP contribution is -2.40. The Balaban J connectivity index is 1.61. The van der Waals surface area contributed by atoms with Crippen molar-refractivity contribution in [2.45, 2.75) is 18.9 Å². The Morgan fingerprint density at radius 2 is 1.84 bits per heavy atom. The van der Waals surface area contributed by atoms with Crippen LogP contribution in [0.2, 0.25) is 0 Å². The molecule has 0 saturated carbocycles. The Kier molecular flexibility index (Phi) is 7.24. The molecule has 3 aromatic rings. The highest BCUT2D eigenvalue weighted by Crippen LogP contribution is 2.32. The van der Waals surface area contributed by atoms with E-state index in [-0.39, 0.29) is 29.3 Å². The van der Waals surface area contributed by atoms with E-state index >= 15 is 0 Å². The van der Waals surface area contributed by atoms with Crippen LogP contribution in [0.1, 0.15) is 18.7 Å². The van der Waals surface area contributed by atoms with Crippen molar-refractivity contribution in [1.82, 2.24) is 29.4 Å². The number of carbonyl (C=O) groups is 1. The monoisotopic (exact) mass is 536 g/mol. The van der Waals surface area contributed by atoms with E-state index in [1.807, 2.05) is 9.80 Å². The molecule has 198 valence electrons. The van der Waals surface area contributed by atoms with Gasteiger partial charge in [0.2, 0.25) is 23.8 Å². The van der Waals surface area contributed by atoms with Crippen LogP contribution in [0.3, 0.4) is 0 Å². The van der Waals surface area contributed by atoms with Crippen LogP contribution >= 0.6 is 11.6 Å². The predicted molar refractivity (Wildman–Crippen MR) is 133 cm³/mol. The quantitative estimate of drug-likeness (QED) is 0.421. The highest BCUT2D eigenvalue weighted by Gasteiger charge is 2.32. The van der Waals surface area contributed by atoms with Gasteiger partial charge < -0.3 is 24.2 Å². The average Bonchev–Trinajstić information content (AvgIpc) is 3.58. The minimum Gasteiger partial charge on any atom is -0.494 e. The van der Waals surface area contributed by atoms with Crippen LogP contribution in [0, 0.1) is 0 Å². The van der Waals surface area contributed by atoms with Gasteiger partial charge in [-0.3, -0.25) is 9.36 Å². The van der Waals surface area contributed by atoms with Crippen LogP contribution in [0.15, 0.2) is 18.2 Å². The summed E-state index contributed by atoms with van der Waals surface area (Å²) in [5.41, 5.74) is 0.684. The Hall–Kier alpha value is -3.32. The van der Waals surface area contributed by atoms with Gasteiger partial charge >= 0.3 is 0 Å². The smallest absolute Gasteiger partial charge is 0.296 e. The number of nitrogens with zero attached hydrogens (tertiary/aromatic N) is 8. The summed E-state index contributed by atoms with van der Waals surface area (Å²) in [4.78, 5) is 35.7. The van der Waals surface area contributed by atoms with Gasteiger partial charge in [-0.05, 0) is 18.6 Å². The number of amides is 1. The minimum absolute atomic E-state index is 0.0335. The molecule has 0 spiro atoms. The number of hydrogen-bond donors (Lipinski definition) is 0. The molecule has 14 heteroatoms. The van der Waals surface area contributed by atoms with E-state index in [4.69, 9.17) is 26.1 Å². The summed E-state index contributed by atoms with van der Waals surface area (Å²) < 4.78 is 40.5. The number of ether oxygens (including phenoxy) is 2. The summed E-state index contributed by atoms with van der Waals surface area (Å²) in [6, 6.07) is 4.96. The predicted octanol–water partition coefficient (Wildman–Crippen LogP) is 2.27. The third kappa shape index (κ3) is 4.85. The van der Waals surface area contributed by atoms with Crippen molar-refractivity contribution in [2.75, 3.05) is 69.2 Å². The van der Waals surface area contributed by atoms with E-state index in [0.717, 1.165) is 0 Å². The molecule has 0 unspecified atom stereocenters. The van der Waals surface area contributed by atoms with E-state index in [9.17, 15) is 13.6 Å². The SMILES string of the molecule is COc1cccc2c1nc(C(F)F)n2-c1nc(N2CCOCC2)nc(N2CC[C@H](N(C)C(=O)CCl)C2)n1. The molecule has 0 bridgehead atoms. The number of fused-ring (bicyclic) bond motifs is 1. The Bertz CT molecular complexity index is 1290. The van der Waals surface area contributed by atoms with E-state index in [0.29, 0.717) is 69.0 Å². The van der Waals surface area contributed by atoms with Crippen LogP contribution in [-0.2, 0) is 9.53 Å².